The van der Waals surface area contributed by atoms with Crippen molar-refractivity contribution in [3.8, 4) is 17.2 Å². The molecule has 2 aromatic heterocycles. The average Bonchev–Trinajstić information content (AvgIpc) is 3.19. The summed E-state index contributed by atoms with van der Waals surface area (Å²) in [4.78, 5) is 4.50. The Balaban J connectivity index is 1.59. The number of para-hydroxylation sites is 1. The lowest BCUT2D eigenvalue weighted by molar-refractivity contribution is 0.229. The summed E-state index contributed by atoms with van der Waals surface area (Å²) in [6.45, 7) is 4.12. The third-order valence-electron chi connectivity index (χ3n) is 4.79. The number of nitrogens with zero attached hydrogens (tertiary/aromatic N) is 3. The van der Waals surface area contributed by atoms with Gasteiger partial charge in [-0.1, -0.05) is 22.4 Å². The molecule has 0 unspecified atom stereocenters. The summed E-state index contributed by atoms with van der Waals surface area (Å²) in [6, 6.07) is 7.58. The maximum Gasteiger partial charge on any atom is 0.261 e. The van der Waals surface area contributed by atoms with Gasteiger partial charge in [-0.3, -0.25) is 0 Å². The molecule has 3 aromatic rings. The van der Waals surface area contributed by atoms with E-state index in [4.69, 9.17) is 19.5 Å². The van der Waals surface area contributed by atoms with Gasteiger partial charge in [0.25, 0.3) is 5.89 Å². The van der Waals surface area contributed by atoms with Crippen LogP contribution in [0.25, 0.3) is 11.5 Å². The fourth-order valence-corrected chi connectivity index (χ4v) is 2.94. The molecule has 0 saturated heterocycles. The number of aromatic nitrogens is 3. The molecule has 0 bridgehead atoms. The molecule has 1 saturated carbocycles. The maximum atomic E-state index is 6.28. The third kappa shape index (κ3) is 2.80. The van der Waals surface area contributed by atoms with E-state index in [-0.39, 0.29) is 0 Å². The van der Waals surface area contributed by atoms with Gasteiger partial charge in [0.05, 0.1) is 22.4 Å². The van der Waals surface area contributed by atoms with Crippen LogP contribution in [0.5, 0.6) is 5.75 Å². The first-order valence-corrected chi connectivity index (χ1v) is 8.34. The highest BCUT2D eigenvalue weighted by Gasteiger charge is 2.39. The van der Waals surface area contributed by atoms with Crippen molar-refractivity contribution in [2.75, 3.05) is 0 Å². The summed E-state index contributed by atoms with van der Waals surface area (Å²) in [5.74, 6) is 2.40. The van der Waals surface area contributed by atoms with Gasteiger partial charge in [-0.05, 0) is 45.2 Å². The van der Waals surface area contributed by atoms with Gasteiger partial charge in [0.15, 0.2) is 5.82 Å². The Morgan fingerprint density at radius 1 is 1.16 bits per heavy atom. The van der Waals surface area contributed by atoms with Crippen LogP contribution in [0.2, 0.25) is 0 Å². The van der Waals surface area contributed by atoms with Gasteiger partial charge in [0.1, 0.15) is 18.1 Å². The molecule has 1 fully saturated rings. The summed E-state index contributed by atoms with van der Waals surface area (Å²) in [5, 5.41) is 8.02. The van der Waals surface area contributed by atoms with Crippen LogP contribution < -0.4 is 10.5 Å². The SMILES string of the molecule is Cc1noc(C)c1COc1ccccc1-c1nc(C2(N)CCC2)no1. The lowest BCUT2D eigenvalue weighted by atomic mass is 9.77. The smallest absolute Gasteiger partial charge is 0.261 e. The van der Waals surface area contributed by atoms with Crippen molar-refractivity contribution >= 4 is 0 Å². The normalized spacial score (nSPS) is 15.8. The first-order valence-electron chi connectivity index (χ1n) is 8.34. The van der Waals surface area contributed by atoms with Gasteiger partial charge in [-0.2, -0.15) is 4.98 Å². The molecular weight excluding hydrogens is 320 g/mol. The summed E-state index contributed by atoms with van der Waals surface area (Å²) < 4.78 is 16.6. The molecule has 25 heavy (non-hydrogen) atoms. The Labute approximate surface area is 145 Å². The van der Waals surface area contributed by atoms with Crippen molar-refractivity contribution in [3.63, 3.8) is 0 Å². The molecule has 2 N–H and O–H groups in total. The number of aryl methyl sites for hydroxylation is 2. The Kier molecular flexibility index (Phi) is 3.80. The van der Waals surface area contributed by atoms with Gasteiger partial charge >= 0.3 is 0 Å². The number of nitrogens with two attached hydrogens (primary N) is 1. The zero-order valence-electron chi connectivity index (χ0n) is 14.3. The van der Waals surface area contributed by atoms with Crippen LogP contribution in [-0.4, -0.2) is 15.3 Å². The molecule has 2 heterocycles. The molecule has 0 radical (unpaired) electrons. The summed E-state index contributed by atoms with van der Waals surface area (Å²) in [6.07, 6.45) is 2.86. The highest BCUT2D eigenvalue weighted by Crippen LogP contribution is 2.38. The fourth-order valence-electron chi connectivity index (χ4n) is 2.94. The highest BCUT2D eigenvalue weighted by molar-refractivity contribution is 5.62. The predicted molar refractivity (Wildman–Crippen MR) is 89.8 cm³/mol. The monoisotopic (exact) mass is 340 g/mol. The molecule has 130 valence electrons. The van der Waals surface area contributed by atoms with Crippen molar-refractivity contribution in [2.24, 2.45) is 5.73 Å². The van der Waals surface area contributed by atoms with E-state index in [1.165, 1.54) is 0 Å². The average molecular weight is 340 g/mol. The minimum absolute atomic E-state index is 0.361. The molecule has 0 atom stereocenters. The van der Waals surface area contributed by atoms with E-state index >= 15 is 0 Å². The van der Waals surface area contributed by atoms with Crippen molar-refractivity contribution in [1.29, 1.82) is 0 Å². The van der Waals surface area contributed by atoms with Crippen molar-refractivity contribution in [3.05, 3.63) is 47.1 Å². The molecule has 1 aliphatic carbocycles. The summed E-state index contributed by atoms with van der Waals surface area (Å²) in [5.41, 5.74) is 8.34. The first-order chi connectivity index (χ1) is 12.1. The summed E-state index contributed by atoms with van der Waals surface area (Å²) >= 11 is 0. The van der Waals surface area contributed by atoms with Gasteiger partial charge in [0, 0.05) is 0 Å². The second kappa shape index (κ2) is 6.00. The van der Waals surface area contributed by atoms with E-state index in [2.05, 4.69) is 15.3 Å². The minimum Gasteiger partial charge on any atom is -0.488 e. The van der Waals surface area contributed by atoms with Crippen LogP contribution in [0.4, 0.5) is 0 Å². The predicted octanol–water partition coefficient (Wildman–Crippen LogP) is 3.26. The highest BCUT2D eigenvalue weighted by atomic mass is 16.5. The second-order valence-corrected chi connectivity index (χ2v) is 6.52. The Morgan fingerprint density at radius 2 is 1.96 bits per heavy atom. The third-order valence-corrected chi connectivity index (χ3v) is 4.79. The number of hydrogen-bond donors (Lipinski definition) is 1. The van der Waals surface area contributed by atoms with E-state index in [1.54, 1.807) is 0 Å². The molecule has 0 spiro atoms. The van der Waals surface area contributed by atoms with Crippen LogP contribution in [-0.2, 0) is 12.1 Å². The Morgan fingerprint density at radius 3 is 2.64 bits per heavy atom. The van der Waals surface area contributed by atoms with Crippen LogP contribution in [0.3, 0.4) is 0 Å². The molecule has 1 aromatic carbocycles. The lowest BCUT2D eigenvalue weighted by Crippen LogP contribution is -2.44. The Bertz CT molecular complexity index is 876. The number of rotatable bonds is 5. The number of hydrogen-bond acceptors (Lipinski definition) is 7. The number of benzene rings is 1. The maximum absolute atomic E-state index is 6.28. The van der Waals surface area contributed by atoms with E-state index < -0.39 is 5.54 Å². The molecule has 0 amide bonds. The van der Waals surface area contributed by atoms with Gasteiger partial charge in [-0.15, -0.1) is 0 Å². The second-order valence-electron chi connectivity index (χ2n) is 6.52. The first kappa shape index (κ1) is 15.8. The van der Waals surface area contributed by atoms with Crippen LogP contribution >= 0.6 is 0 Å². The lowest BCUT2D eigenvalue weighted by Gasteiger charge is -2.34. The molecule has 4 rings (SSSR count). The summed E-state index contributed by atoms with van der Waals surface area (Å²) in [7, 11) is 0. The standard InChI is InChI=1S/C18H20N4O3/c1-11-14(12(2)24-21-11)10-23-15-7-4-3-6-13(15)16-20-17(22-25-16)18(19)8-5-9-18/h3-4,6-7H,5,8-10,19H2,1-2H3. The van der Waals surface area contributed by atoms with Gasteiger partial charge < -0.3 is 19.5 Å². The van der Waals surface area contributed by atoms with Gasteiger partial charge in [0.2, 0.25) is 0 Å². The van der Waals surface area contributed by atoms with E-state index in [0.29, 0.717) is 24.1 Å². The van der Waals surface area contributed by atoms with Crippen molar-refractivity contribution in [2.45, 2.75) is 45.3 Å². The topological polar surface area (TPSA) is 100 Å². The largest absolute Gasteiger partial charge is 0.488 e. The molecule has 0 aliphatic heterocycles. The molecule has 1 aliphatic rings. The molecule has 7 heteroatoms. The zero-order chi connectivity index (χ0) is 17.4. The van der Waals surface area contributed by atoms with Crippen molar-refractivity contribution < 1.29 is 13.8 Å². The van der Waals surface area contributed by atoms with E-state index in [0.717, 1.165) is 41.8 Å². The van der Waals surface area contributed by atoms with Crippen LogP contribution in [0, 0.1) is 13.8 Å². The Hall–Kier alpha value is -2.67. The van der Waals surface area contributed by atoms with Crippen LogP contribution in [0.15, 0.2) is 33.3 Å². The minimum atomic E-state index is -0.450. The van der Waals surface area contributed by atoms with Gasteiger partial charge in [-0.25, -0.2) is 0 Å². The fraction of sp³-hybridized carbons (Fsp3) is 0.389. The zero-order valence-corrected chi connectivity index (χ0v) is 14.3. The molecule has 7 nitrogen and oxygen atoms in total. The van der Waals surface area contributed by atoms with E-state index in [9.17, 15) is 0 Å². The number of ether oxygens (including phenoxy) is 1. The molecular formula is C18H20N4O3. The quantitative estimate of drug-likeness (QED) is 0.760. The van der Waals surface area contributed by atoms with E-state index in [1.807, 2.05) is 38.1 Å². The van der Waals surface area contributed by atoms with Crippen LogP contribution in [0.1, 0.15) is 42.1 Å². The van der Waals surface area contributed by atoms with Crippen molar-refractivity contribution in [1.82, 2.24) is 15.3 Å².